The van der Waals surface area contributed by atoms with Crippen molar-refractivity contribution in [1.82, 2.24) is 9.62 Å². The standard InChI is InChI=1S/C25H34N2O5S/c1-3-32-22-11-8-20(9-12-22)7-6-16-26-25(28)15-10-21-19-23(13-14-24(21)31-2)33(29,30)27-17-4-5-18-27/h8-9,11-14,19H,3-7,10,15-18H2,1-2H3,(H,26,28). The van der Waals surface area contributed by atoms with E-state index in [4.69, 9.17) is 9.47 Å². The number of hydrogen-bond donors (Lipinski definition) is 1. The van der Waals surface area contributed by atoms with Gasteiger partial charge in [0.25, 0.3) is 0 Å². The van der Waals surface area contributed by atoms with Gasteiger partial charge in [-0.15, -0.1) is 0 Å². The summed E-state index contributed by atoms with van der Waals surface area (Å²) in [6.45, 7) is 4.31. The van der Waals surface area contributed by atoms with Crippen LogP contribution in [0.15, 0.2) is 47.4 Å². The molecule has 1 aliphatic heterocycles. The third-order valence-electron chi connectivity index (χ3n) is 5.77. The summed E-state index contributed by atoms with van der Waals surface area (Å²) < 4.78 is 38.1. The van der Waals surface area contributed by atoms with Crippen molar-refractivity contribution in [3.63, 3.8) is 0 Å². The van der Waals surface area contributed by atoms with Gasteiger partial charge in [-0.2, -0.15) is 4.31 Å². The Morgan fingerprint density at radius 3 is 2.45 bits per heavy atom. The van der Waals surface area contributed by atoms with E-state index in [2.05, 4.69) is 5.32 Å². The van der Waals surface area contributed by atoms with Gasteiger partial charge in [0.15, 0.2) is 0 Å². The Morgan fingerprint density at radius 2 is 1.79 bits per heavy atom. The first-order valence-electron chi connectivity index (χ1n) is 11.6. The molecule has 0 spiro atoms. The summed E-state index contributed by atoms with van der Waals surface area (Å²) in [5.41, 5.74) is 1.93. The van der Waals surface area contributed by atoms with Crippen molar-refractivity contribution in [2.75, 3.05) is 33.4 Å². The summed E-state index contributed by atoms with van der Waals surface area (Å²) in [5.74, 6) is 1.40. The van der Waals surface area contributed by atoms with Gasteiger partial charge in [-0.25, -0.2) is 8.42 Å². The van der Waals surface area contributed by atoms with Crippen LogP contribution in [0.4, 0.5) is 0 Å². The van der Waals surface area contributed by atoms with Crippen molar-refractivity contribution < 1.29 is 22.7 Å². The van der Waals surface area contributed by atoms with Crippen LogP contribution in [0.5, 0.6) is 11.5 Å². The molecule has 1 heterocycles. The molecule has 0 saturated carbocycles. The average molecular weight is 475 g/mol. The topological polar surface area (TPSA) is 84.9 Å². The highest BCUT2D eigenvalue weighted by molar-refractivity contribution is 7.89. The number of carbonyl (C=O) groups is 1. The molecule has 7 nitrogen and oxygen atoms in total. The molecule has 8 heteroatoms. The van der Waals surface area contributed by atoms with Gasteiger partial charge in [0.1, 0.15) is 11.5 Å². The van der Waals surface area contributed by atoms with Gasteiger partial charge in [0.2, 0.25) is 15.9 Å². The zero-order chi connectivity index (χ0) is 23.7. The van der Waals surface area contributed by atoms with Gasteiger partial charge in [-0.05, 0) is 80.5 Å². The van der Waals surface area contributed by atoms with Crippen molar-refractivity contribution >= 4 is 15.9 Å². The monoisotopic (exact) mass is 474 g/mol. The van der Waals surface area contributed by atoms with Crippen molar-refractivity contribution in [2.45, 2.75) is 50.3 Å². The molecule has 33 heavy (non-hydrogen) atoms. The predicted molar refractivity (Wildman–Crippen MR) is 128 cm³/mol. The highest BCUT2D eigenvalue weighted by Crippen LogP contribution is 2.27. The van der Waals surface area contributed by atoms with Crippen LogP contribution in [0.25, 0.3) is 0 Å². The summed E-state index contributed by atoms with van der Waals surface area (Å²) in [5, 5.41) is 2.95. The van der Waals surface area contributed by atoms with Gasteiger partial charge in [0.05, 0.1) is 18.6 Å². The summed E-state index contributed by atoms with van der Waals surface area (Å²) in [7, 11) is -1.96. The first-order valence-corrected chi connectivity index (χ1v) is 13.0. The van der Waals surface area contributed by atoms with E-state index in [-0.39, 0.29) is 17.2 Å². The lowest BCUT2D eigenvalue weighted by atomic mass is 10.1. The molecule has 1 N–H and O–H groups in total. The molecule has 0 radical (unpaired) electrons. The number of carbonyl (C=O) groups excluding carboxylic acids is 1. The Bertz CT molecular complexity index is 1020. The van der Waals surface area contributed by atoms with Crippen LogP contribution in [0.3, 0.4) is 0 Å². The zero-order valence-electron chi connectivity index (χ0n) is 19.5. The molecular weight excluding hydrogens is 440 g/mol. The normalized spacial score (nSPS) is 14.2. The van der Waals surface area contributed by atoms with Gasteiger partial charge in [-0.1, -0.05) is 12.1 Å². The summed E-state index contributed by atoms with van der Waals surface area (Å²) in [4.78, 5) is 12.6. The summed E-state index contributed by atoms with van der Waals surface area (Å²) >= 11 is 0. The molecule has 0 bridgehead atoms. The second-order valence-electron chi connectivity index (χ2n) is 8.12. The molecular formula is C25H34N2O5S. The molecule has 0 aliphatic carbocycles. The largest absolute Gasteiger partial charge is 0.496 e. The molecule has 1 saturated heterocycles. The van der Waals surface area contributed by atoms with Crippen molar-refractivity contribution in [2.24, 2.45) is 0 Å². The van der Waals surface area contributed by atoms with Gasteiger partial charge in [0, 0.05) is 26.1 Å². The van der Waals surface area contributed by atoms with Crippen LogP contribution in [0.2, 0.25) is 0 Å². The van der Waals surface area contributed by atoms with E-state index in [1.165, 1.54) is 9.87 Å². The molecule has 2 aromatic rings. The zero-order valence-corrected chi connectivity index (χ0v) is 20.3. The number of sulfonamides is 1. The van der Waals surface area contributed by atoms with Gasteiger partial charge in [-0.3, -0.25) is 4.79 Å². The third-order valence-corrected chi connectivity index (χ3v) is 7.67. The van der Waals surface area contributed by atoms with E-state index in [0.29, 0.717) is 38.4 Å². The van der Waals surface area contributed by atoms with Crippen LogP contribution in [-0.4, -0.2) is 52.0 Å². The van der Waals surface area contributed by atoms with E-state index in [1.54, 1.807) is 25.3 Å². The number of nitrogens with one attached hydrogen (secondary N) is 1. The van der Waals surface area contributed by atoms with Gasteiger partial charge >= 0.3 is 0 Å². The van der Waals surface area contributed by atoms with E-state index in [9.17, 15) is 13.2 Å². The molecule has 3 rings (SSSR count). The Morgan fingerprint density at radius 1 is 1.06 bits per heavy atom. The highest BCUT2D eigenvalue weighted by Gasteiger charge is 2.27. The first kappa shape index (κ1) is 25.1. The second kappa shape index (κ2) is 12.0. The Labute approximate surface area is 197 Å². The summed E-state index contributed by atoms with van der Waals surface area (Å²) in [6.07, 6.45) is 4.18. The number of ether oxygens (including phenoxy) is 2. The lowest BCUT2D eigenvalue weighted by molar-refractivity contribution is -0.121. The van der Waals surface area contributed by atoms with E-state index in [0.717, 1.165) is 37.0 Å². The van der Waals surface area contributed by atoms with Crippen LogP contribution in [0, 0.1) is 0 Å². The quantitative estimate of drug-likeness (QED) is 0.476. The minimum atomic E-state index is -3.51. The minimum Gasteiger partial charge on any atom is -0.496 e. The van der Waals surface area contributed by atoms with Crippen LogP contribution in [0.1, 0.15) is 43.7 Å². The fourth-order valence-electron chi connectivity index (χ4n) is 3.96. The average Bonchev–Trinajstić information content (AvgIpc) is 3.37. The molecule has 180 valence electrons. The van der Waals surface area contributed by atoms with Crippen molar-refractivity contribution in [1.29, 1.82) is 0 Å². The number of rotatable bonds is 12. The molecule has 0 atom stereocenters. The highest BCUT2D eigenvalue weighted by atomic mass is 32.2. The maximum Gasteiger partial charge on any atom is 0.243 e. The molecule has 1 aliphatic rings. The SMILES string of the molecule is CCOc1ccc(CCCNC(=O)CCc2cc(S(=O)(=O)N3CCCC3)ccc2OC)cc1. The Hall–Kier alpha value is -2.58. The van der Waals surface area contributed by atoms with E-state index >= 15 is 0 Å². The number of methoxy groups -OCH3 is 1. The van der Waals surface area contributed by atoms with E-state index in [1.807, 2.05) is 31.2 Å². The van der Waals surface area contributed by atoms with Gasteiger partial charge < -0.3 is 14.8 Å². The van der Waals surface area contributed by atoms with Crippen LogP contribution in [-0.2, 0) is 27.7 Å². The molecule has 1 fully saturated rings. The molecule has 1 amide bonds. The van der Waals surface area contributed by atoms with Crippen LogP contribution < -0.4 is 14.8 Å². The molecule has 0 unspecified atom stereocenters. The van der Waals surface area contributed by atoms with Crippen LogP contribution >= 0.6 is 0 Å². The van der Waals surface area contributed by atoms with Crippen molar-refractivity contribution in [3.05, 3.63) is 53.6 Å². The van der Waals surface area contributed by atoms with E-state index < -0.39 is 10.0 Å². The molecule has 0 aromatic heterocycles. The maximum absolute atomic E-state index is 12.9. The number of amides is 1. The second-order valence-corrected chi connectivity index (χ2v) is 10.1. The lowest BCUT2D eigenvalue weighted by Crippen LogP contribution is -2.28. The number of aryl methyl sites for hydroxylation is 2. The fourth-order valence-corrected chi connectivity index (χ4v) is 5.53. The third kappa shape index (κ3) is 6.95. The number of nitrogens with zero attached hydrogens (tertiary/aromatic N) is 1. The number of hydrogen-bond acceptors (Lipinski definition) is 5. The fraction of sp³-hybridized carbons (Fsp3) is 0.480. The maximum atomic E-state index is 12.9. The smallest absolute Gasteiger partial charge is 0.243 e. The Balaban J connectivity index is 1.48. The minimum absolute atomic E-state index is 0.0588. The Kier molecular flexibility index (Phi) is 9.14. The lowest BCUT2D eigenvalue weighted by Gasteiger charge is -2.17. The first-order chi connectivity index (χ1) is 15.9. The summed E-state index contributed by atoms with van der Waals surface area (Å²) in [6, 6.07) is 12.9. The predicted octanol–water partition coefficient (Wildman–Crippen LogP) is 3.56. The number of benzene rings is 2. The molecule has 2 aromatic carbocycles. The van der Waals surface area contributed by atoms with Crippen molar-refractivity contribution in [3.8, 4) is 11.5 Å².